The Labute approximate surface area is 142 Å². The van der Waals surface area contributed by atoms with Crippen LogP contribution in [-0.2, 0) is 0 Å². The van der Waals surface area contributed by atoms with E-state index in [1.54, 1.807) is 35.7 Å². The third-order valence-electron chi connectivity index (χ3n) is 3.37. The zero-order chi connectivity index (χ0) is 15.7. The molecule has 2 aromatic rings. The lowest BCUT2D eigenvalue weighted by atomic mass is 10.1. The van der Waals surface area contributed by atoms with Crippen LogP contribution >= 0.6 is 27.9 Å². The number of ether oxygens (including phenoxy) is 1. The molecule has 0 saturated heterocycles. The Morgan fingerprint density at radius 1 is 1.18 bits per heavy atom. The predicted octanol–water partition coefficient (Wildman–Crippen LogP) is 4.98. The van der Waals surface area contributed by atoms with Gasteiger partial charge < -0.3 is 4.74 Å². The molecule has 0 bridgehead atoms. The molecule has 0 saturated carbocycles. The van der Waals surface area contributed by atoms with Gasteiger partial charge in [0.05, 0.1) is 7.11 Å². The number of carbonyl (C=O) groups excluding carboxylic acids is 1. The van der Waals surface area contributed by atoms with E-state index in [2.05, 4.69) is 15.9 Å². The number of hydrogen-bond donors (Lipinski definition) is 0. The molecule has 2 aromatic carbocycles. The molecule has 3 rings (SSSR count). The summed E-state index contributed by atoms with van der Waals surface area (Å²) in [7, 11) is 1.61. The van der Waals surface area contributed by atoms with E-state index in [0.29, 0.717) is 5.56 Å². The summed E-state index contributed by atoms with van der Waals surface area (Å²) >= 11 is 4.92. The number of hydrogen-bond acceptors (Lipinski definition) is 3. The van der Waals surface area contributed by atoms with E-state index in [1.807, 2.05) is 31.2 Å². The summed E-state index contributed by atoms with van der Waals surface area (Å²) in [6, 6.07) is 13.2. The van der Waals surface area contributed by atoms with E-state index in [-0.39, 0.29) is 5.91 Å². The highest BCUT2D eigenvalue weighted by Crippen LogP contribution is 2.38. The molecule has 0 aromatic heterocycles. The van der Waals surface area contributed by atoms with Crippen LogP contribution in [0, 0.1) is 0 Å². The normalized spacial score (nSPS) is 13.4. The summed E-state index contributed by atoms with van der Waals surface area (Å²) in [6.07, 6.45) is 2.03. The number of rotatable bonds is 2. The van der Waals surface area contributed by atoms with Gasteiger partial charge in [-0.25, -0.2) is 4.31 Å². The van der Waals surface area contributed by atoms with Gasteiger partial charge in [0.25, 0.3) is 5.91 Å². The fraction of sp³-hybridized carbons (Fsp3) is 0.118. The molecule has 0 fully saturated rings. The van der Waals surface area contributed by atoms with Crippen molar-refractivity contribution < 1.29 is 9.53 Å². The molecule has 0 radical (unpaired) electrons. The molecule has 0 aliphatic carbocycles. The lowest BCUT2D eigenvalue weighted by Crippen LogP contribution is -2.24. The van der Waals surface area contributed by atoms with Crippen LogP contribution in [0.2, 0.25) is 0 Å². The van der Waals surface area contributed by atoms with E-state index >= 15 is 0 Å². The van der Waals surface area contributed by atoms with Crippen LogP contribution in [0.4, 0.5) is 0 Å². The van der Waals surface area contributed by atoms with Gasteiger partial charge in [0, 0.05) is 20.6 Å². The average molecular weight is 376 g/mol. The summed E-state index contributed by atoms with van der Waals surface area (Å²) < 4.78 is 7.85. The molecule has 0 atom stereocenters. The van der Waals surface area contributed by atoms with Crippen LogP contribution in [0.3, 0.4) is 0 Å². The Morgan fingerprint density at radius 3 is 2.59 bits per heavy atom. The minimum atomic E-state index is -0.0352. The number of methoxy groups -OCH3 is 1. The third kappa shape index (κ3) is 2.91. The minimum Gasteiger partial charge on any atom is -0.497 e. The smallest absolute Gasteiger partial charge is 0.268 e. The molecule has 0 spiro atoms. The van der Waals surface area contributed by atoms with Gasteiger partial charge in [0.1, 0.15) is 5.75 Å². The van der Waals surface area contributed by atoms with Crippen LogP contribution in [0.1, 0.15) is 22.8 Å². The molecular formula is C17H14BrNO2S. The lowest BCUT2D eigenvalue weighted by molar-refractivity contribution is 0.0898. The van der Waals surface area contributed by atoms with E-state index in [9.17, 15) is 4.79 Å². The molecule has 0 unspecified atom stereocenters. The van der Waals surface area contributed by atoms with Crippen molar-refractivity contribution in [3.05, 3.63) is 63.8 Å². The Morgan fingerprint density at radius 2 is 1.91 bits per heavy atom. The molecule has 22 heavy (non-hydrogen) atoms. The molecule has 1 aliphatic rings. The van der Waals surface area contributed by atoms with Crippen molar-refractivity contribution >= 4 is 39.9 Å². The van der Waals surface area contributed by atoms with Gasteiger partial charge in [-0.2, -0.15) is 0 Å². The van der Waals surface area contributed by atoms with Gasteiger partial charge in [-0.15, -0.1) is 0 Å². The molecular weight excluding hydrogens is 362 g/mol. The Bertz CT molecular complexity index is 756. The predicted molar refractivity (Wildman–Crippen MR) is 92.8 cm³/mol. The Hall–Kier alpha value is -1.72. The summed E-state index contributed by atoms with van der Waals surface area (Å²) in [6.45, 7) is 1.94. The van der Waals surface area contributed by atoms with E-state index in [0.717, 1.165) is 26.4 Å². The van der Waals surface area contributed by atoms with Crippen molar-refractivity contribution in [1.29, 1.82) is 0 Å². The largest absolute Gasteiger partial charge is 0.497 e. The van der Waals surface area contributed by atoms with Crippen LogP contribution < -0.4 is 4.74 Å². The van der Waals surface area contributed by atoms with Crippen molar-refractivity contribution in [3.63, 3.8) is 0 Å². The molecule has 3 nitrogen and oxygen atoms in total. The number of halogens is 1. The monoisotopic (exact) mass is 375 g/mol. The maximum Gasteiger partial charge on any atom is 0.268 e. The van der Waals surface area contributed by atoms with E-state index < -0.39 is 0 Å². The minimum absolute atomic E-state index is 0.0352. The average Bonchev–Trinajstić information content (AvgIpc) is 2.54. The lowest BCUT2D eigenvalue weighted by Gasteiger charge is -2.27. The summed E-state index contributed by atoms with van der Waals surface area (Å²) in [5.41, 5.74) is 2.68. The first-order valence-corrected chi connectivity index (χ1v) is 8.29. The first kappa shape index (κ1) is 15.2. The molecule has 1 amide bonds. The van der Waals surface area contributed by atoms with E-state index in [1.165, 1.54) is 11.9 Å². The van der Waals surface area contributed by atoms with Crippen LogP contribution in [0.25, 0.3) is 6.08 Å². The summed E-state index contributed by atoms with van der Waals surface area (Å²) in [4.78, 5) is 13.8. The maximum atomic E-state index is 12.7. The maximum absolute atomic E-state index is 12.7. The number of amides is 1. The number of carbonyl (C=O) groups is 1. The topological polar surface area (TPSA) is 29.5 Å². The van der Waals surface area contributed by atoms with Gasteiger partial charge in [-0.3, -0.25) is 4.79 Å². The highest BCUT2D eigenvalue weighted by atomic mass is 79.9. The summed E-state index contributed by atoms with van der Waals surface area (Å²) in [5.74, 6) is 0.705. The van der Waals surface area contributed by atoms with Gasteiger partial charge in [-0.1, -0.05) is 22.0 Å². The van der Waals surface area contributed by atoms with Crippen LogP contribution in [0.5, 0.6) is 5.75 Å². The first-order valence-electron chi connectivity index (χ1n) is 6.73. The molecule has 5 heteroatoms. The van der Waals surface area contributed by atoms with Crippen molar-refractivity contribution in [2.75, 3.05) is 7.11 Å². The Balaban J connectivity index is 1.90. The highest BCUT2D eigenvalue weighted by Gasteiger charge is 2.23. The number of allylic oxidation sites excluding steroid dienone is 1. The van der Waals surface area contributed by atoms with Crippen molar-refractivity contribution in [2.45, 2.75) is 11.8 Å². The van der Waals surface area contributed by atoms with Gasteiger partial charge >= 0.3 is 0 Å². The van der Waals surface area contributed by atoms with Crippen LogP contribution in [0.15, 0.2) is 57.5 Å². The third-order valence-corrected chi connectivity index (χ3v) is 5.05. The summed E-state index contributed by atoms with van der Waals surface area (Å²) in [5, 5.41) is 0. The second-order valence-corrected chi connectivity index (χ2v) is 6.79. The highest BCUT2D eigenvalue weighted by molar-refractivity contribution is 9.10. The number of fused-ring (bicyclic) bond motifs is 1. The first-order chi connectivity index (χ1) is 10.6. The fourth-order valence-electron chi connectivity index (χ4n) is 2.21. The standard InChI is InChI=1S/C17H14BrNO2S/c1-11-9-13-3-6-14(18)10-16(13)22-19(11)17(20)12-4-7-15(21-2)8-5-12/h3-10H,1-2H3. The van der Waals surface area contributed by atoms with E-state index in [4.69, 9.17) is 4.74 Å². The zero-order valence-corrected chi connectivity index (χ0v) is 14.6. The second-order valence-electron chi connectivity index (χ2n) is 4.89. The molecule has 0 N–H and O–H groups in total. The number of benzene rings is 2. The van der Waals surface area contributed by atoms with Crippen molar-refractivity contribution in [1.82, 2.24) is 4.31 Å². The van der Waals surface area contributed by atoms with Gasteiger partial charge in [-0.05, 0) is 66.9 Å². The van der Waals surface area contributed by atoms with Gasteiger partial charge in [0.2, 0.25) is 0 Å². The van der Waals surface area contributed by atoms with Crippen molar-refractivity contribution in [3.8, 4) is 5.75 Å². The second kappa shape index (κ2) is 6.18. The Kier molecular flexibility index (Phi) is 4.27. The van der Waals surface area contributed by atoms with Crippen molar-refractivity contribution in [2.24, 2.45) is 0 Å². The molecule has 1 heterocycles. The quantitative estimate of drug-likeness (QED) is 0.693. The molecule has 1 aliphatic heterocycles. The SMILES string of the molecule is COc1ccc(C(=O)N2Sc3cc(Br)ccc3C=C2C)cc1. The fourth-order valence-corrected chi connectivity index (χ4v) is 3.72. The van der Waals surface area contributed by atoms with Gasteiger partial charge in [0.15, 0.2) is 0 Å². The zero-order valence-electron chi connectivity index (χ0n) is 12.2. The van der Waals surface area contributed by atoms with Crippen LogP contribution in [-0.4, -0.2) is 17.3 Å². The molecule has 112 valence electrons. The number of nitrogens with zero attached hydrogens (tertiary/aromatic N) is 1.